The zero-order valence-corrected chi connectivity index (χ0v) is 23.0. The van der Waals surface area contributed by atoms with E-state index in [1.54, 1.807) is 28.0 Å². The molecule has 4 aromatic rings. The van der Waals surface area contributed by atoms with Crippen molar-refractivity contribution in [1.82, 2.24) is 9.55 Å². The molecule has 38 heavy (non-hydrogen) atoms. The highest BCUT2D eigenvalue weighted by molar-refractivity contribution is 7.99. The number of hydrogen-bond donors (Lipinski definition) is 1. The lowest BCUT2D eigenvalue weighted by Gasteiger charge is -2.33. The molecular formula is C28H28N4O4S2. The number of anilines is 1. The van der Waals surface area contributed by atoms with Crippen LogP contribution >= 0.6 is 23.1 Å². The van der Waals surface area contributed by atoms with Crippen molar-refractivity contribution in [2.45, 2.75) is 45.2 Å². The molecule has 10 heteroatoms. The third-order valence-corrected chi connectivity index (χ3v) is 9.09. The molecule has 2 heterocycles. The minimum Gasteiger partial charge on any atom is -0.320 e. The number of hydrogen-bond acceptors (Lipinski definition) is 7. The van der Waals surface area contributed by atoms with Gasteiger partial charge in [-0.15, -0.1) is 11.3 Å². The molecule has 2 aromatic heterocycles. The van der Waals surface area contributed by atoms with Crippen LogP contribution in [0.1, 0.15) is 37.6 Å². The van der Waals surface area contributed by atoms with Crippen LogP contribution in [0, 0.1) is 21.4 Å². The molecule has 0 saturated heterocycles. The number of carbonyl (C=O) groups is 1. The molecule has 0 radical (unpaired) electrons. The molecule has 1 aliphatic carbocycles. The van der Waals surface area contributed by atoms with Crippen LogP contribution in [0.15, 0.2) is 64.5 Å². The van der Waals surface area contributed by atoms with Crippen LogP contribution in [-0.4, -0.2) is 26.1 Å². The number of carbonyl (C=O) groups excluding carboxylic acids is 1. The molecule has 2 aromatic carbocycles. The second kappa shape index (κ2) is 10.3. The predicted molar refractivity (Wildman–Crippen MR) is 153 cm³/mol. The average Bonchev–Trinajstić information content (AvgIpc) is 3.25. The number of aryl methyl sites for hydroxylation is 1. The second-order valence-corrected chi connectivity index (χ2v) is 12.5. The highest BCUT2D eigenvalue weighted by atomic mass is 32.2. The van der Waals surface area contributed by atoms with Crippen LogP contribution in [0.3, 0.4) is 0 Å². The number of nitro benzene ring substituents is 1. The van der Waals surface area contributed by atoms with Crippen LogP contribution in [0.5, 0.6) is 0 Å². The number of thioether (sulfide) groups is 1. The Balaban J connectivity index is 1.50. The molecule has 0 fully saturated rings. The van der Waals surface area contributed by atoms with E-state index in [-0.39, 0.29) is 28.1 Å². The summed E-state index contributed by atoms with van der Waals surface area (Å²) in [6.45, 7) is 6.79. The fraction of sp³-hybridized carbons (Fsp3) is 0.321. The van der Waals surface area contributed by atoms with Gasteiger partial charge in [-0.2, -0.15) is 0 Å². The Morgan fingerprint density at radius 3 is 2.61 bits per heavy atom. The SMILES string of the molecule is CC(C)(C)[C@@H]1CCc2c(sc3nc(SCC(=O)Nc4ccccc4[N+](=O)[O-])n(-c4ccccc4)c(=O)c23)C1. The number of nitrogens with one attached hydrogen (secondary N) is 1. The van der Waals surface area contributed by atoms with Crippen LogP contribution in [0.25, 0.3) is 15.9 Å². The molecular weight excluding hydrogens is 520 g/mol. The number of nitrogens with zero attached hydrogens (tertiary/aromatic N) is 3. The molecule has 0 unspecified atom stereocenters. The standard InChI is InChI=1S/C28H28N4O4S2/c1-28(2,3)17-13-14-19-22(15-17)38-25-24(19)26(34)31(18-9-5-4-6-10-18)27(30-25)37-16-23(33)29-20-11-7-8-12-21(20)32(35)36/h4-12,17H,13-16H2,1-3H3,(H,29,33)/t17-/m1/s1. The molecule has 0 spiro atoms. The van der Waals surface area contributed by atoms with E-state index in [2.05, 4.69) is 26.1 Å². The maximum atomic E-state index is 14.0. The molecule has 8 nitrogen and oxygen atoms in total. The van der Waals surface area contributed by atoms with E-state index in [1.807, 2.05) is 30.3 Å². The maximum Gasteiger partial charge on any atom is 0.292 e. The van der Waals surface area contributed by atoms with Crippen molar-refractivity contribution in [1.29, 1.82) is 0 Å². The van der Waals surface area contributed by atoms with Crippen molar-refractivity contribution >= 4 is 50.6 Å². The number of nitro groups is 1. The first-order valence-corrected chi connectivity index (χ1v) is 14.2. The van der Waals surface area contributed by atoms with Gasteiger partial charge in [0.1, 0.15) is 10.5 Å². The Bertz CT molecular complexity index is 1590. The number of para-hydroxylation sites is 3. The first kappa shape index (κ1) is 26.1. The zero-order chi connectivity index (χ0) is 27.0. The minimum absolute atomic E-state index is 0.0615. The van der Waals surface area contributed by atoms with Gasteiger partial charge >= 0.3 is 0 Å². The first-order valence-electron chi connectivity index (χ1n) is 12.4. The maximum absolute atomic E-state index is 14.0. The summed E-state index contributed by atoms with van der Waals surface area (Å²) in [7, 11) is 0. The smallest absolute Gasteiger partial charge is 0.292 e. The lowest BCUT2D eigenvalue weighted by Crippen LogP contribution is -2.27. The van der Waals surface area contributed by atoms with E-state index in [0.29, 0.717) is 27.0 Å². The van der Waals surface area contributed by atoms with Crippen molar-refractivity contribution in [2.24, 2.45) is 11.3 Å². The van der Waals surface area contributed by atoms with Crippen LogP contribution in [0.2, 0.25) is 0 Å². The fourth-order valence-electron chi connectivity index (χ4n) is 4.90. The normalized spacial score (nSPS) is 15.3. The summed E-state index contributed by atoms with van der Waals surface area (Å²) < 4.78 is 1.58. The Labute approximate surface area is 228 Å². The summed E-state index contributed by atoms with van der Waals surface area (Å²) >= 11 is 2.72. The third kappa shape index (κ3) is 5.10. The van der Waals surface area contributed by atoms with Gasteiger partial charge in [0.25, 0.3) is 11.2 Å². The highest BCUT2D eigenvalue weighted by Crippen LogP contribution is 2.42. The van der Waals surface area contributed by atoms with E-state index < -0.39 is 10.8 Å². The minimum atomic E-state index is -0.534. The van der Waals surface area contributed by atoms with Gasteiger partial charge in [-0.3, -0.25) is 24.3 Å². The van der Waals surface area contributed by atoms with Crippen molar-refractivity contribution in [3.05, 3.63) is 85.5 Å². The number of amides is 1. The van der Waals surface area contributed by atoms with E-state index in [4.69, 9.17) is 4.98 Å². The van der Waals surface area contributed by atoms with Crippen molar-refractivity contribution in [3.63, 3.8) is 0 Å². The summed E-state index contributed by atoms with van der Waals surface area (Å²) in [6, 6.07) is 15.3. The number of fused-ring (bicyclic) bond motifs is 3. The lowest BCUT2D eigenvalue weighted by atomic mass is 9.72. The van der Waals surface area contributed by atoms with Gasteiger partial charge in [-0.1, -0.05) is 62.9 Å². The van der Waals surface area contributed by atoms with E-state index in [9.17, 15) is 19.7 Å². The molecule has 1 N–H and O–H groups in total. The highest BCUT2D eigenvalue weighted by Gasteiger charge is 2.32. The van der Waals surface area contributed by atoms with Gasteiger partial charge in [0.2, 0.25) is 5.91 Å². The number of benzene rings is 2. The first-order chi connectivity index (χ1) is 18.1. The molecule has 1 aliphatic rings. The summed E-state index contributed by atoms with van der Waals surface area (Å²) in [5.74, 6) is 0.0596. The number of rotatable bonds is 6. The Morgan fingerprint density at radius 2 is 1.89 bits per heavy atom. The van der Waals surface area contributed by atoms with Crippen LogP contribution < -0.4 is 10.9 Å². The van der Waals surface area contributed by atoms with Crippen LogP contribution in [0.4, 0.5) is 11.4 Å². The van der Waals surface area contributed by atoms with Gasteiger partial charge in [-0.05, 0) is 54.4 Å². The zero-order valence-electron chi connectivity index (χ0n) is 21.4. The molecule has 0 saturated carbocycles. The van der Waals surface area contributed by atoms with Gasteiger partial charge in [0.15, 0.2) is 5.16 Å². The molecule has 1 amide bonds. The lowest BCUT2D eigenvalue weighted by molar-refractivity contribution is -0.383. The number of thiophene rings is 1. The Hall–Kier alpha value is -3.50. The van der Waals surface area contributed by atoms with E-state index in [1.165, 1.54) is 17.0 Å². The van der Waals surface area contributed by atoms with Crippen molar-refractivity contribution < 1.29 is 9.72 Å². The van der Waals surface area contributed by atoms with E-state index in [0.717, 1.165) is 36.6 Å². The monoisotopic (exact) mass is 548 g/mol. The van der Waals surface area contributed by atoms with Crippen molar-refractivity contribution in [3.8, 4) is 5.69 Å². The van der Waals surface area contributed by atoms with Gasteiger partial charge in [0, 0.05) is 10.9 Å². The number of aromatic nitrogens is 2. The molecule has 1 atom stereocenters. The predicted octanol–water partition coefficient (Wildman–Crippen LogP) is 6.24. The quantitative estimate of drug-likeness (QED) is 0.132. The molecule has 196 valence electrons. The van der Waals surface area contributed by atoms with Gasteiger partial charge in [-0.25, -0.2) is 4.98 Å². The molecule has 0 bridgehead atoms. The Kier molecular flexibility index (Phi) is 7.11. The largest absolute Gasteiger partial charge is 0.320 e. The van der Waals surface area contributed by atoms with E-state index >= 15 is 0 Å². The Morgan fingerprint density at radius 1 is 1.18 bits per heavy atom. The molecule has 5 rings (SSSR count). The third-order valence-electron chi connectivity index (χ3n) is 7.00. The van der Waals surface area contributed by atoms with Gasteiger partial charge in [0.05, 0.1) is 21.7 Å². The van der Waals surface area contributed by atoms with Crippen LogP contribution in [-0.2, 0) is 17.6 Å². The molecule has 0 aliphatic heterocycles. The summed E-state index contributed by atoms with van der Waals surface area (Å²) in [4.78, 5) is 44.3. The van der Waals surface area contributed by atoms with Crippen molar-refractivity contribution in [2.75, 3.05) is 11.1 Å². The fourth-order valence-corrected chi connectivity index (χ4v) is 7.06. The second-order valence-electron chi connectivity index (χ2n) is 10.5. The van der Waals surface area contributed by atoms with Gasteiger partial charge < -0.3 is 5.32 Å². The average molecular weight is 549 g/mol. The summed E-state index contributed by atoms with van der Waals surface area (Å²) in [5, 5.41) is 15.0. The summed E-state index contributed by atoms with van der Waals surface area (Å²) in [5.41, 5.74) is 1.80. The summed E-state index contributed by atoms with van der Waals surface area (Å²) in [6.07, 6.45) is 2.83. The topological polar surface area (TPSA) is 107 Å².